The van der Waals surface area contributed by atoms with E-state index in [4.69, 9.17) is 9.47 Å². The smallest absolute Gasteiger partial charge is 0.269 e. The van der Waals surface area contributed by atoms with Crippen molar-refractivity contribution in [3.05, 3.63) is 75.9 Å². The Kier molecular flexibility index (Phi) is 5.35. The predicted molar refractivity (Wildman–Crippen MR) is 129 cm³/mol. The summed E-state index contributed by atoms with van der Waals surface area (Å²) >= 11 is 0. The molecule has 2 amide bonds. The third-order valence-corrected chi connectivity index (χ3v) is 7.77. The molecule has 2 aromatic carbocycles. The number of carbonyl (C=O) groups is 2. The lowest BCUT2D eigenvalue weighted by Crippen LogP contribution is -2.40. The number of nitro benzene ring substituents is 1. The first-order valence-corrected chi connectivity index (χ1v) is 12.2. The fourth-order valence-corrected chi connectivity index (χ4v) is 6.05. The van der Waals surface area contributed by atoms with Crippen LogP contribution in [-0.4, -0.2) is 34.6 Å². The molecule has 7 rings (SSSR count). The van der Waals surface area contributed by atoms with Crippen LogP contribution in [-0.2, 0) is 16.2 Å². The number of amides is 2. The van der Waals surface area contributed by atoms with Gasteiger partial charge in [0.15, 0.2) is 11.5 Å². The Morgan fingerprint density at radius 2 is 1.67 bits per heavy atom. The van der Waals surface area contributed by atoms with Gasteiger partial charge < -0.3 is 9.47 Å². The molecule has 0 N–H and O–H groups in total. The van der Waals surface area contributed by atoms with Crippen LogP contribution < -0.4 is 9.47 Å². The number of nitrogens with zero attached hydrogens (tertiary/aromatic N) is 3. The molecular weight excluding hydrogens is 462 g/mol. The standard InChI is InChI=1S/C27H25N3O6/c1-2-35-23-11-16(5-10-22(23)36-14-15-3-6-17(7-4-15)30(33)34)13-28-29-26(31)24-18-8-9-19(21-12-20(18)21)25(24)27(29)32/h3-11,13,18-21,24-25H,2,12,14H2,1H3/b28-13-/t18-,19-,20-,21-,24+,25+/m0/s1. The van der Waals surface area contributed by atoms with E-state index < -0.39 is 4.92 Å². The highest BCUT2D eigenvalue weighted by atomic mass is 16.6. The van der Waals surface area contributed by atoms with Gasteiger partial charge in [-0.05, 0) is 78.5 Å². The van der Waals surface area contributed by atoms with Gasteiger partial charge in [-0.3, -0.25) is 19.7 Å². The van der Waals surface area contributed by atoms with Crippen molar-refractivity contribution in [2.45, 2.75) is 20.0 Å². The summed E-state index contributed by atoms with van der Waals surface area (Å²) in [7, 11) is 0. The molecule has 5 aliphatic rings. The summed E-state index contributed by atoms with van der Waals surface area (Å²) < 4.78 is 11.6. The molecule has 2 bridgehead atoms. The van der Waals surface area contributed by atoms with Crippen LogP contribution in [0.15, 0.2) is 59.7 Å². The average molecular weight is 488 g/mol. The van der Waals surface area contributed by atoms with E-state index in [0.29, 0.717) is 35.5 Å². The first-order valence-electron chi connectivity index (χ1n) is 12.2. The summed E-state index contributed by atoms with van der Waals surface area (Å²) in [4.78, 5) is 36.6. The first kappa shape index (κ1) is 22.5. The molecule has 6 atom stereocenters. The van der Waals surface area contributed by atoms with E-state index in [2.05, 4.69) is 17.3 Å². The number of allylic oxidation sites excluding steroid dienone is 2. The van der Waals surface area contributed by atoms with E-state index in [1.165, 1.54) is 18.3 Å². The third kappa shape index (κ3) is 3.66. The second-order valence-corrected chi connectivity index (χ2v) is 9.74. The van der Waals surface area contributed by atoms with Crippen molar-refractivity contribution in [2.24, 2.45) is 40.6 Å². The highest BCUT2D eigenvalue weighted by molar-refractivity contribution is 6.06. The maximum absolute atomic E-state index is 13.1. The monoisotopic (exact) mass is 487 g/mol. The van der Waals surface area contributed by atoms with Crippen molar-refractivity contribution in [3.8, 4) is 11.5 Å². The Bertz CT molecular complexity index is 1270. The molecule has 1 saturated heterocycles. The summed E-state index contributed by atoms with van der Waals surface area (Å²) in [6.07, 6.45) is 6.91. The largest absolute Gasteiger partial charge is 0.490 e. The van der Waals surface area contributed by atoms with E-state index in [-0.39, 0.29) is 47.8 Å². The van der Waals surface area contributed by atoms with Crippen molar-refractivity contribution in [3.63, 3.8) is 0 Å². The van der Waals surface area contributed by atoms with Gasteiger partial charge in [-0.2, -0.15) is 10.1 Å². The van der Waals surface area contributed by atoms with Gasteiger partial charge in [0.2, 0.25) is 0 Å². The number of carbonyl (C=O) groups excluding carboxylic acids is 2. The number of hydrogen-bond acceptors (Lipinski definition) is 7. The van der Waals surface area contributed by atoms with Crippen LogP contribution >= 0.6 is 0 Å². The summed E-state index contributed by atoms with van der Waals surface area (Å²) in [5, 5.41) is 16.2. The maximum atomic E-state index is 13.1. The molecule has 1 heterocycles. The Balaban J connectivity index is 1.16. The van der Waals surface area contributed by atoms with Crippen molar-refractivity contribution in [2.75, 3.05) is 6.61 Å². The maximum Gasteiger partial charge on any atom is 0.269 e. The second-order valence-electron chi connectivity index (χ2n) is 9.74. The predicted octanol–water partition coefficient (Wildman–Crippen LogP) is 3.96. The highest BCUT2D eigenvalue weighted by Gasteiger charge is 2.67. The zero-order chi connectivity index (χ0) is 25.0. The van der Waals surface area contributed by atoms with Gasteiger partial charge in [-0.15, -0.1) is 0 Å². The minimum Gasteiger partial charge on any atom is -0.490 e. The quantitative estimate of drug-likeness (QED) is 0.183. The molecule has 9 heteroatoms. The molecule has 1 aliphatic heterocycles. The van der Waals surface area contributed by atoms with Crippen molar-refractivity contribution >= 4 is 23.7 Å². The first-order chi connectivity index (χ1) is 17.5. The van der Waals surface area contributed by atoms with E-state index in [9.17, 15) is 19.7 Å². The molecule has 36 heavy (non-hydrogen) atoms. The Labute approximate surface area is 207 Å². The molecule has 0 unspecified atom stereocenters. The van der Waals surface area contributed by atoms with Crippen LogP contribution in [0.1, 0.15) is 24.5 Å². The molecule has 2 saturated carbocycles. The van der Waals surface area contributed by atoms with Crippen LogP contribution in [0, 0.1) is 45.6 Å². The fourth-order valence-electron chi connectivity index (χ4n) is 6.05. The number of hydrogen-bond donors (Lipinski definition) is 0. The summed E-state index contributed by atoms with van der Waals surface area (Å²) in [5.41, 5.74) is 1.47. The molecule has 0 radical (unpaired) electrons. The molecule has 3 fully saturated rings. The van der Waals surface area contributed by atoms with Gasteiger partial charge in [-0.25, -0.2) is 0 Å². The van der Waals surface area contributed by atoms with Crippen LogP contribution in [0.4, 0.5) is 5.69 Å². The Hall–Kier alpha value is -4.01. The summed E-state index contributed by atoms with van der Waals surface area (Å²) in [6.45, 7) is 2.49. The lowest BCUT2D eigenvalue weighted by atomic mass is 9.63. The minimum atomic E-state index is -0.446. The average Bonchev–Trinajstić information content (AvgIpc) is 3.67. The normalized spacial score (nSPS) is 29.4. The van der Waals surface area contributed by atoms with Gasteiger partial charge in [0, 0.05) is 12.1 Å². The summed E-state index contributed by atoms with van der Waals surface area (Å²) in [5.74, 6) is 1.50. The molecule has 0 aromatic heterocycles. The summed E-state index contributed by atoms with van der Waals surface area (Å²) in [6, 6.07) is 11.4. The van der Waals surface area contributed by atoms with Crippen LogP contribution in [0.5, 0.6) is 11.5 Å². The molecule has 4 aliphatic carbocycles. The van der Waals surface area contributed by atoms with Crippen molar-refractivity contribution < 1.29 is 24.0 Å². The lowest BCUT2D eigenvalue weighted by molar-refractivity contribution is -0.384. The number of rotatable bonds is 8. The lowest BCUT2D eigenvalue weighted by Gasteiger charge is -2.37. The molecule has 2 aromatic rings. The van der Waals surface area contributed by atoms with Gasteiger partial charge in [0.1, 0.15) is 6.61 Å². The number of imide groups is 1. The number of nitro groups is 1. The zero-order valence-electron chi connectivity index (χ0n) is 19.7. The van der Waals surface area contributed by atoms with Gasteiger partial charge in [0.25, 0.3) is 17.5 Å². The molecule has 184 valence electrons. The molecule has 9 nitrogen and oxygen atoms in total. The number of benzene rings is 2. The molecular formula is C27H25N3O6. The topological polar surface area (TPSA) is 111 Å². The SMILES string of the molecule is CCOc1cc(/C=N\N2C(=O)[C@@H]3[C@H]4C=C[C@@H]([C@@H]5C[C@@H]45)[C@H]3C2=O)ccc1OCc1ccc([N+](=O)[O-])cc1. The second kappa shape index (κ2) is 8.58. The van der Waals surface area contributed by atoms with Crippen LogP contribution in [0.3, 0.4) is 0 Å². The number of hydrazone groups is 1. The van der Waals surface area contributed by atoms with Crippen molar-refractivity contribution in [1.82, 2.24) is 5.01 Å². The number of non-ortho nitro benzene ring substituents is 1. The van der Waals surface area contributed by atoms with E-state index in [1.54, 1.807) is 30.3 Å². The third-order valence-electron chi connectivity index (χ3n) is 7.77. The van der Waals surface area contributed by atoms with E-state index >= 15 is 0 Å². The Morgan fingerprint density at radius 3 is 2.28 bits per heavy atom. The van der Waals surface area contributed by atoms with Gasteiger partial charge in [-0.1, -0.05) is 12.2 Å². The fraction of sp³-hybridized carbons (Fsp3) is 0.370. The van der Waals surface area contributed by atoms with Crippen molar-refractivity contribution in [1.29, 1.82) is 0 Å². The number of ether oxygens (including phenoxy) is 2. The van der Waals surface area contributed by atoms with Crippen LogP contribution in [0.2, 0.25) is 0 Å². The zero-order valence-corrected chi connectivity index (χ0v) is 19.7. The van der Waals surface area contributed by atoms with E-state index in [1.807, 2.05) is 6.92 Å². The molecule has 0 spiro atoms. The van der Waals surface area contributed by atoms with Gasteiger partial charge >= 0.3 is 0 Å². The van der Waals surface area contributed by atoms with E-state index in [0.717, 1.165) is 17.0 Å². The Morgan fingerprint density at radius 1 is 1.00 bits per heavy atom. The van der Waals surface area contributed by atoms with Crippen LogP contribution in [0.25, 0.3) is 0 Å². The minimum absolute atomic E-state index is 0.0207. The highest BCUT2D eigenvalue weighted by Crippen LogP contribution is 2.65. The van der Waals surface area contributed by atoms with Gasteiger partial charge in [0.05, 0.1) is 29.6 Å².